The van der Waals surface area contributed by atoms with Crippen LogP contribution in [0.5, 0.6) is 0 Å². The molecule has 5 nitrogen and oxygen atoms in total. The summed E-state index contributed by atoms with van der Waals surface area (Å²) in [4.78, 5) is 0. The lowest BCUT2D eigenvalue weighted by atomic mass is 10.1. The second-order valence-corrected chi connectivity index (χ2v) is 7.42. The highest BCUT2D eigenvalue weighted by atomic mass is 35.5. The van der Waals surface area contributed by atoms with Gasteiger partial charge < -0.3 is 9.04 Å². The summed E-state index contributed by atoms with van der Waals surface area (Å²) in [6, 6.07) is 21.3. The summed E-state index contributed by atoms with van der Waals surface area (Å²) < 4.78 is 32.0. The van der Waals surface area contributed by atoms with E-state index in [-0.39, 0.29) is 0 Å². The Labute approximate surface area is 155 Å². The largest absolute Gasteiger partial charge is 0.726 e. The van der Waals surface area contributed by atoms with Gasteiger partial charge in [0.05, 0.1) is 26.6 Å². The quantitative estimate of drug-likeness (QED) is 0.318. The predicted molar refractivity (Wildman–Crippen MR) is 98.8 cm³/mol. The highest BCUT2D eigenvalue weighted by molar-refractivity contribution is 7.80. The molecular weight excluding hydrogens is 362 g/mol. The number of benzene rings is 2. The van der Waals surface area contributed by atoms with Crippen molar-refractivity contribution in [3.63, 3.8) is 0 Å². The summed E-state index contributed by atoms with van der Waals surface area (Å²) >= 11 is 6.00. The molecule has 2 rings (SSSR count). The van der Waals surface area contributed by atoms with Gasteiger partial charge in [0.25, 0.3) is 0 Å². The van der Waals surface area contributed by atoms with Crippen molar-refractivity contribution in [3.05, 3.63) is 71.8 Å². The van der Waals surface area contributed by atoms with Crippen LogP contribution in [0.15, 0.2) is 60.7 Å². The first-order valence-electron chi connectivity index (χ1n) is 7.77. The number of quaternary nitrogens is 1. The Balaban J connectivity index is 0.000000450. The lowest BCUT2D eigenvalue weighted by Crippen LogP contribution is -2.43. The van der Waals surface area contributed by atoms with Gasteiger partial charge in [0.2, 0.25) is 10.4 Å². The second kappa shape index (κ2) is 10.5. The standard InChI is InChI=1S/C17H21ClN.CH4O4S/c1-19(13-12-18,14-16-8-4-2-5-9-16)15-17-10-6-3-7-11-17;1-5-6(2,3)4/h2-11H,12-15H2,1H3;1H3,(H,2,3,4)/q+1;/p-1. The third-order valence-electron chi connectivity index (χ3n) is 3.64. The molecule has 138 valence electrons. The van der Waals surface area contributed by atoms with Crippen LogP contribution in [0.2, 0.25) is 0 Å². The summed E-state index contributed by atoms with van der Waals surface area (Å²) in [5, 5.41) is 0. The first-order valence-corrected chi connectivity index (χ1v) is 9.63. The molecule has 0 fully saturated rings. The average molecular weight is 386 g/mol. The van der Waals surface area contributed by atoms with Gasteiger partial charge in [-0.05, 0) is 0 Å². The normalized spacial score (nSPS) is 11.5. The van der Waals surface area contributed by atoms with E-state index in [1.165, 1.54) is 11.1 Å². The van der Waals surface area contributed by atoms with Gasteiger partial charge in [0.1, 0.15) is 13.1 Å². The minimum absolute atomic E-state index is 0.691. The highest BCUT2D eigenvalue weighted by Crippen LogP contribution is 2.17. The number of nitrogens with zero attached hydrogens (tertiary/aromatic N) is 1. The van der Waals surface area contributed by atoms with E-state index < -0.39 is 10.4 Å². The molecule has 2 aromatic carbocycles. The van der Waals surface area contributed by atoms with Crippen LogP contribution in [-0.4, -0.2) is 44.0 Å². The van der Waals surface area contributed by atoms with Crippen molar-refractivity contribution in [2.75, 3.05) is 26.6 Å². The molecule has 0 bridgehead atoms. The summed E-state index contributed by atoms with van der Waals surface area (Å²) in [7, 11) is -1.32. The molecule has 0 N–H and O–H groups in total. The van der Waals surface area contributed by atoms with Crippen molar-refractivity contribution in [2.24, 2.45) is 0 Å². The van der Waals surface area contributed by atoms with E-state index in [4.69, 9.17) is 11.6 Å². The molecule has 0 saturated heterocycles. The molecule has 7 heteroatoms. The molecular formula is C18H24ClNO4S. The van der Waals surface area contributed by atoms with Crippen molar-refractivity contribution >= 4 is 22.0 Å². The number of hydrogen-bond donors (Lipinski definition) is 0. The summed E-state index contributed by atoms with van der Waals surface area (Å²) in [6.07, 6.45) is 0. The maximum Gasteiger partial charge on any atom is 0.217 e. The molecule has 0 aromatic heterocycles. The Morgan fingerprint density at radius 3 is 1.60 bits per heavy atom. The molecule has 0 saturated carbocycles. The molecule has 0 amide bonds. The monoisotopic (exact) mass is 385 g/mol. The zero-order chi connectivity index (χ0) is 18.8. The van der Waals surface area contributed by atoms with Gasteiger partial charge in [0.15, 0.2) is 0 Å². The summed E-state index contributed by atoms with van der Waals surface area (Å²) in [5.74, 6) is 0.691. The molecule has 0 spiro atoms. The summed E-state index contributed by atoms with van der Waals surface area (Å²) in [6.45, 7) is 3.01. The van der Waals surface area contributed by atoms with E-state index in [2.05, 4.69) is 71.9 Å². The smallest absolute Gasteiger partial charge is 0.217 e. The van der Waals surface area contributed by atoms with Gasteiger partial charge in [-0.1, -0.05) is 60.7 Å². The Morgan fingerprint density at radius 2 is 1.32 bits per heavy atom. The van der Waals surface area contributed by atoms with Gasteiger partial charge >= 0.3 is 0 Å². The maximum absolute atomic E-state index is 9.22. The molecule has 2 aromatic rings. The average Bonchev–Trinajstić information content (AvgIpc) is 2.56. The van der Waals surface area contributed by atoms with Crippen LogP contribution in [0.1, 0.15) is 11.1 Å². The van der Waals surface area contributed by atoms with Crippen LogP contribution >= 0.6 is 11.6 Å². The number of rotatable bonds is 7. The van der Waals surface area contributed by atoms with E-state index in [0.29, 0.717) is 5.88 Å². The third kappa shape index (κ3) is 9.57. The fourth-order valence-corrected chi connectivity index (χ4v) is 2.87. The number of alkyl halides is 1. The van der Waals surface area contributed by atoms with Crippen molar-refractivity contribution in [1.29, 1.82) is 0 Å². The predicted octanol–water partition coefficient (Wildman–Crippen LogP) is 3.17. The Kier molecular flexibility index (Phi) is 9.10. The fourth-order valence-electron chi connectivity index (χ4n) is 2.47. The van der Waals surface area contributed by atoms with E-state index in [0.717, 1.165) is 31.2 Å². The van der Waals surface area contributed by atoms with Gasteiger partial charge in [-0.3, -0.25) is 4.18 Å². The molecule has 0 aliphatic carbocycles. The van der Waals surface area contributed by atoms with Crippen LogP contribution < -0.4 is 0 Å². The SMILES string of the molecule is COS(=O)(=O)[O-].C[N+](CCCl)(Cc1ccccc1)Cc1ccccc1. The van der Waals surface area contributed by atoms with Crippen LogP contribution in [-0.2, 0) is 27.7 Å². The third-order valence-corrected chi connectivity index (χ3v) is 4.22. The Bertz CT molecular complexity index is 667. The Hall–Kier alpha value is -1.44. The van der Waals surface area contributed by atoms with Crippen LogP contribution in [0.3, 0.4) is 0 Å². The zero-order valence-electron chi connectivity index (χ0n) is 14.5. The van der Waals surface area contributed by atoms with Gasteiger partial charge in [-0.25, -0.2) is 8.42 Å². The molecule has 25 heavy (non-hydrogen) atoms. The molecule has 0 unspecified atom stereocenters. The topological polar surface area (TPSA) is 66.4 Å². The first kappa shape index (κ1) is 21.6. The van der Waals surface area contributed by atoms with E-state index >= 15 is 0 Å². The van der Waals surface area contributed by atoms with E-state index in [1.54, 1.807) is 0 Å². The van der Waals surface area contributed by atoms with E-state index in [9.17, 15) is 13.0 Å². The first-order chi connectivity index (χ1) is 11.8. The molecule has 0 radical (unpaired) electrons. The van der Waals surface area contributed by atoms with Crippen LogP contribution in [0, 0.1) is 0 Å². The molecule has 0 heterocycles. The summed E-state index contributed by atoms with van der Waals surface area (Å²) in [5.41, 5.74) is 2.73. The van der Waals surface area contributed by atoms with Gasteiger partial charge in [-0.15, -0.1) is 11.6 Å². The lowest BCUT2D eigenvalue weighted by Gasteiger charge is -2.34. The molecule has 0 atom stereocenters. The van der Waals surface area contributed by atoms with E-state index in [1.807, 2.05) is 0 Å². The fraction of sp³-hybridized carbons (Fsp3) is 0.333. The Morgan fingerprint density at radius 1 is 0.960 bits per heavy atom. The molecule has 0 aliphatic rings. The number of hydrogen-bond acceptors (Lipinski definition) is 4. The van der Waals surface area contributed by atoms with Crippen molar-refractivity contribution in [2.45, 2.75) is 13.1 Å². The van der Waals surface area contributed by atoms with Crippen LogP contribution in [0.25, 0.3) is 0 Å². The zero-order valence-corrected chi connectivity index (χ0v) is 16.0. The minimum Gasteiger partial charge on any atom is -0.726 e. The molecule has 0 aliphatic heterocycles. The van der Waals surface area contributed by atoms with Crippen molar-refractivity contribution < 1.29 is 21.6 Å². The number of halogens is 1. The van der Waals surface area contributed by atoms with Crippen LogP contribution in [0.4, 0.5) is 0 Å². The highest BCUT2D eigenvalue weighted by Gasteiger charge is 2.21. The maximum atomic E-state index is 9.22. The van der Waals surface area contributed by atoms with Crippen molar-refractivity contribution in [3.8, 4) is 0 Å². The second-order valence-electron chi connectivity index (χ2n) is 5.89. The minimum atomic E-state index is -4.41. The van der Waals surface area contributed by atoms with Crippen molar-refractivity contribution in [1.82, 2.24) is 0 Å². The lowest BCUT2D eigenvalue weighted by molar-refractivity contribution is -0.933. The van der Waals surface area contributed by atoms with Gasteiger partial charge in [-0.2, -0.15) is 0 Å². The van der Waals surface area contributed by atoms with Gasteiger partial charge in [0, 0.05) is 11.1 Å².